The Morgan fingerprint density at radius 2 is 1.86 bits per heavy atom. The van der Waals surface area contributed by atoms with E-state index in [0.717, 1.165) is 10.9 Å². The smallest absolute Gasteiger partial charge is 0.336 e. The van der Waals surface area contributed by atoms with Crippen LogP contribution in [0.5, 0.6) is 5.75 Å². The molecule has 0 radical (unpaired) electrons. The van der Waals surface area contributed by atoms with Crippen molar-refractivity contribution in [2.45, 2.75) is 31.4 Å². The molecule has 3 rings (SSSR count). The fourth-order valence-corrected chi connectivity index (χ4v) is 3.28. The number of benzene rings is 2. The minimum Gasteiger partial charge on any atom is -0.481 e. The van der Waals surface area contributed by atoms with Gasteiger partial charge in [-0.15, -0.1) is 0 Å². The predicted octanol–water partition coefficient (Wildman–Crippen LogP) is 1.83. The maximum atomic E-state index is 12.3. The minimum atomic E-state index is -3.75. The monoisotopic (exact) mass is 416 g/mol. The molecule has 1 atom stereocenters. The molecule has 1 amide bonds. The molecule has 0 aliphatic carbocycles. The number of hydrogen-bond acceptors (Lipinski definition) is 6. The van der Waals surface area contributed by atoms with Gasteiger partial charge in [0.05, 0.1) is 4.90 Å². The Morgan fingerprint density at radius 3 is 2.52 bits per heavy atom. The molecule has 0 fully saturated rings. The van der Waals surface area contributed by atoms with Gasteiger partial charge in [0.1, 0.15) is 11.3 Å². The SMILES string of the molecule is Cc1cc(=O)oc2cc(OC(C)C(=O)NCc3ccc(S(N)(=O)=O)cc3)ccc12. The van der Waals surface area contributed by atoms with Crippen LogP contribution in [0.3, 0.4) is 0 Å². The first-order valence-corrected chi connectivity index (χ1v) is 10.3. The topological polar surface area (TPSA) is 129 Å². The van der Waals surface area contributed by atoms with Crippen LogP contribution in [0, 0.1) is 6.92 Å². The van der Waals surface area contributed by atoms with E-state index in [4.69, 9.17) is 14.3 Å². The predicted molar refractivity (Wildman–Crippen MR) is 107 cm³/mol. The number of carbonyl (C=O) groups excluding carboxylic acids is 1. The van der Waals surface area contributed by atoms with Gasteiger partial charge in [0.25, 0.3) is 5.91 Å². The third kappa shape index (κ3) is 5.01. The maximum Gasteiger partial charge on any atom is 0.336 e. The Balaban J connectivity index is 1.63. The van der Waals surface area contributed by atoms with Crippen molar-refractivity contribution < 1.29 is 22.4 Å². The van der Waals surface area contributed by atoms with Gasteiger partial charge in [-0.25, -0.2) is 18.4 Å². The van der Waals surface area contributed by atoms with Crippen molar-refractivity contribution in [2.75, 3.05) is 0 Å². The van der Waals surface area contributed by atoms with E-state index in [2.05, 4.69) is 5.32 Å². The lowest BCUT2D eigenvalue weighted by molar-refractivity contribution is -0.127. The minimum absolute atomic E-state index is 0.00229. The lowest BCUT2D eigenvalue weighted by Crippen LogP contribution is -2.35. The Labute approximate surface area is 167 Å². The van der Waals surface area contributed by atoms with E-state index in [1.54, 1.807) is 37.3 Å². The van der Waals surface area contributed by atoms with Gasteiger partial charge in [0.2, 0.25) is 10.0 Å². The van der Waals surface area contributed by atoms with Crippen LogP contribution in [0.15, 0.2) is 62.6 Å². The molecule has 0 aliphatic heterocycles. The number of hydrogen-bond donors (Lipinski definition) is 2. The van der Waals surface area contributed by atoms with Gasteiger partial charge >= 0.3 is 5.63 Å². The van der Waals surface area contributed by atoms with E-state index in [0.29, 0.717) is 16.9 Å². The second-order valence-electron chi connectivity index (χ2n) is 6.57. The summed E-state index contributed by atoms with van der Waals surface area (Å²) in [7, 11) is -3.75. The van der Waals surface area contributed by atoms with Crippen molar-refractivity contribution in [1.82, 2.24) is 5.32 Å². The number of ether oxygens (including phenoxy) is 1. The third-order valence-electron chi connectivity index (χ3n) is 4.32. The summed E-state index contributed by atoms with van der Waals surface area (Å²) in [6.07, 6.45) is -0.798. The Morgan fingerprint density at radius 1 is 1.17 bits per heavy atom. The first kappa shape index (κ1) is 20.6. The molecule has 2 aromatic carbocycles. The van der Waals surface area contributed by atoms with E-state index in [-0.39, 0.29) is 17.3 Å². The van der Waals surface area contributed by atoms with Crippen molar-refractivity contribution in [1.29, 1.82) is 0 Å². The maximum absolute atomic E-state index is 12.3. The average Bonchev–Trinajstić information content (AvgIpc) is 2.65. The standard InChI is InChI=1S/C20H20N2O6S/c1-12-9-19(23)28-18-10-15(5-8-17(12)18)27-13(2)20(24)22-11-14-3-6-16(7-4-14)29(21,25)26/h3-10,13H,11H2,1-2H3,(H,22,24)(H2,21,25,26). The Kier molecular flexibility index (Phi) is 5.71. The first-order chi connectivity index (χ1) is 13.6. The fourth-order valence-electron chi connectivity index (χ4n) is 2.77. The summed E-state index contributed by atoms with van der Waals surface area (Å²) in [6.45, 7) is 3.60. The summed E-state index contributed by atoms with van der Waals surface area (Å²) in [5.74, 6) is 0.0396. The Bertz CT molecular complexity index is 1220. The Hall–Kier alpha value is -3.17. The highest BCUT2D eigenvalue weighted by Gasteiger charge is 2.15. The van der Waals surface area contributed by atoms with Gasteiger partial charge in [-0.1, -0.05) is 12.1 Å². The number of fused-ring (bicyclic) bond motifs is 1. The van der Waals surface area contributed by atoms with Crippen molar-refractivity contribution in [3.05, 3.63) is 70.1 Å². The molecule has 0 saturated heterocycles. The van der Waals surface area contributed by atoms with E-state index >= 15 is 0 Å². The molecule has 152 valence electrons. The highest BCUT2D eigenvalue weighted by molar-refractivity contribution is 7.89. The summed E-state index contributed by atoms with van der Waals surface area (Å²) in [5.41, 5.74) is 1.43. The van der Waals surface area contributed by atoms with Crippen molar-refractivity contribution in [2.24, 2.45) is 5.14 Å². The number of aryl methyl sites for hydroxylation is 1. The zero-order chi connectivity index (χ0) is 21.2. The quantitative estimate of drug-likeness (QED) is 0.590. The zero-order valence-corrected chi connectivity index (χ0v) is 16.7. The largest absolute Gasteiger partial charge is 0.481 e. The average molecular weight is 416 g/mol. The lowest BCUT2D eigenvalue weighted by Gasteiger charge is -2.15. The van der Waals surface area contributed by atoms with Crippen LogP contribution in [-0.2, 0) is 21.4 Å². The molecule has 8 nitrogen and oxygen atoms in total. The summed E-state index contributed by atoms with van der Waals surface area (Å²) in [6, 6.07) is 12.3. The molecular weight excluding hydrogens is 396 g/mol. The van der Waals surface area contributed by atoms with Crippen LogP contribution in [0.4, 0.5) is 0 Å². The number of rotatable bonds is 6. The number of carbonyl (C=O) groups is 1. The van der Waals surface area contributed by atoms with Gasteiger partial charge in [-0.2, -0.15) is 0 Å². The molecule has 9 heteroatoms. The van der Waals surface area contributed by atoms with Crippen LogP contribution in [0.2, 0.25) is 0 Å². The summed E-state index contributed by atoms with van der Waals surface area (Å²) in [5, 5.41) is 8.56. The van der Waals surface area contributed by atoms with E-state index < -0.39 is 21.8 Å². The second kappa shape index (κ2) is 8.06. The van der Waals surface area contributed by atoms with Crippen LogP contribution in [0.1, 0.15) is 18.1 Å². The van der Waals surface area contributed by atoms with Crippen LogP contribution >= 0.6 is 0 Å². The first-order valence-electron chi connectivity index (χ1n) is 8.74. The summed E-state index contributed by atoms with van der Waals surface area (Å²) in [4.78, 5) is 23.8. The lowest BCUT2D eigenvalue weighted by atomic mass is 10.1. The molecule has 0 aliphatic rings. The van der Waals surface area contributed by atoms with E-state index in [1.807, 2.05) is 6.92 Å². The molecule has 0 saturated carbocycles. The summed E-state index contributed by atoms with van der Waals surface area (Å²) < 4.78 is 33.3. The van der Waals surface area contributed by atoms with Crippen LogP contribution in [0.25, 0.3) is 11.0 Å². The number of amides is 1. The van der Waals surface area contributed by atoms with Gasteiger partial charge < -0.3 is 14.5 Å². The van der Waals surface area contributed by atoms with E-state index in [1.165, 1.54) is 18.2 Å². The molecule has 1 unspecified atom stereocenters. The molecule has 1 heterocycles. The molecule has 3 aromatic rings. The van der Waals surface area contributed by atoms with Gasteiger partial charge in [-0.3, -0.25) is 4.79 Å². The molecule has 29 heavy (non-hydrogen) atoms. The third-order valence-corrected chi connectivity index (χ3v) is 5.25. The van der Waals surface area contributed by atoms with E-state index in [9.17, 15) is 18.0 Å². The number of nitrogens with two attached hydrogens (primary N) is 1. The highest BCUT2D eigenvalue weighted by atomic mass is 32.2. The highest BCUT2D eigenvalue weighted by Crippen LogP contribution is 2.23. The van der Waals surface area contributed by atoms with Gasteiger partial charge in [-0.05, 0) is 49.2 Å². The number of sulfonamides is 1. The van der Waals surface area contributed by atoms with Crippen molar-refractivity contribution in [3.63, 3.8) is 0 Å². The number of nitrogens with one attached hydrogen (secondary N) is 1. The van der Waals surface area contributed by atoms with Gasteiger partial charge in [0.15, 0.2) is 6.10 Å². The molecule has 0 spiro atoms. The molecule has 3 N–H and O–H groups in total. The fraction of sp³-hybridized carbons (Fsp3) is 0.200. The zero-order valence-electron chi connectivity index (χ0n) is 15.8. The molecule has 0 bridgehead atoms. The van der Waals surface area contributed by atoms with Crippen LogP contribution < -0.4 is 20.8 Å². The summed E-state index contributed by atoms with van der Waals surface area (Å²) >= 11 is 0. The normalized spacial score (nSPS) is 12.5. The van der Waals surface area contributed by atoms with Gasteiger partial charge in [0, 0.05) is 24.1 Å². The van der Waals surface area contributed by atoms with Crippen molar-refractivity contribution >= 4 is 26.9 Å². The number of primary sulfonamides is 1. The van der Waals surface area contributed by atoms with Crippen molar-refractivity contribution in [3.8, 4) is 5.75 Å². The second-order valence-corrected chi connectivity index (χ2v) is 8.13. The molecule has 1 aromatic heterocycles. The molecular formula is C20H20N2O6S. The van der Waals surface area contributed by atoms with Crippen LogP contribution in [-0.4, -0.2) is 20.4 Å².